The number of hydrogen-bond donors (Lipinski definition) is 2. The van der Waals surface area contributed by atoms with Crippen molar-refractivity contribution in [1.82, 2.24) is 0 Å². The van der Waals surface area contributed by atoms with Gasteiger partial charge in [0.2, 0.25) is 0 Å². The normalized spacial score (nSPS) is 10.8. The van der Waals surface area contributed by atoms with E-state index in [4.69, 9.17) is 9.79 Å². The van der Waals surface area contributed by atoms with Crippen LogP contribution in [0.2, 0.25) is 0 Å². The maximum atomic E-state index is 10.6. The summed E-state index contributed by atoms with van der Waals surface area (Å²) in [6.07, 6.45) is 0. The number of carbonyl (C=O) groups is 1. The molecule has 0 aromatic carbocycles. The largest absolute Gasteiger partial charge is 0.462 e. The molecule has 0 aliphatic heterocycles. The van der Waals surface area contributed by atoms with Gasteiger partial charge in [0.25, 0.3) is 0 Å². The molecule has 0 atom stereocenters. The fourth-order valence-corrected chi connectivity index (χ4v) is 0.636. The summed E-state index contributed by atoms with van der Waals surface area (Å²) in [7, 11) is -4.51. The molecule has 11 heavy (non-hydrogen) atoms. The molecule has 0 bridgehead atoms. The number of rotatable bonds is 3. The van der Waals surface area contributed by atoms with Crippen molar-refractivity contribution in [2.75, 3.05) is 6.61 Å². The Hall–Kier alpha value is -0.640. The summed E-state index contributed by atoms with van der Waals surface area (Å²) in [5.41, 5.74) is 0. The Morgan fingerprint density at radius 3 is 2.36 bits per heavy atom. The van der Waals surface area contributed by atoms with E-state index in [2.05, 4.69) is 11.3 Å². The smallest absolute Gasteiger partial charge is 0.362 e. The second-order valence-electron chi connectivity index (χ2n) is 1.71. The van der Waals surface area contributed by atoms with Gasteiger partial charge in [-0.2, -0.15) is 0 Å². The number of esters is 1. The molecular weight excluding hydrogens is 171 g/mol. The molecule has 2 N–H and O–H groups in total. The minimum atomic E-state index is -4.51. The first-order valence-electron chi connectivity index (χ1n) is 2.81. The molecule has 0 aliphatic carbocycles. The van der Waals surface area contributed by atoms with E-state index in [9.17, 15) is 9.36 Å². The molecular formula is C5H9O5P. The molecule has 0 amide bonds. The van der Waals surface area contributed by atoms with Gasteiger partial charge in [0.15, 0.2) is 0 Å². The molecule has 0 radical (unpaired) electrons. The molecule has 0 saturated carbocycles. The van der Waals surface area contributed by atoms with Gasteiger partial charge in [-0.25, -0.2) is 4.79 Å². The first-order chi connectivity index (χ1) is 4.89. The summed E-state index contributed by atoms with van der Waals surface area (Å²) < 4.78 is 14.6. The molecule has 0 aromatic rings. The van der Waals surface area contributed by atoms with Gasteiger partial charge in [0.05, 0.1) is 6.61 Å². The van der Waals surface area contributed by atoms with E-state index in [1.165, 1.54) is 6.92 Å². The van der Waals surface area contributed by atoms with Crippen molar-refractivity contribution < 1.29 is 23.9 Å². The summed E-state index contributed by atoms with van der Waals surface area (Å²) >= 11 is 0. The Bertz CT molecular complexity index is 215. The first kappa shape index (κ1) is 10.4. The van der Waals surface area contributed by atoms with Crippen LogP contribution in [0.4, 0.5) is 0 Å². The van der Waals surface area contributed by atoms with Gasteiger partial charge >= 0.3 is 13.6 Å². The molecule has 0 aromatic heterocycles. The van der Waals surface area contributed by atoms with Gasteiger partial charge in [-0.3, -0.25) is 4.57 Å². The summed E-state index contributed by atoms with van der Waals surface area (Å²) in [6, 6.07) is 0. The molecule has 0 unspecified atom stereocenters. The third-order valence-electron chi connectivity index (χ3n) is 0.863. The second kappa shape index (κ2) is 3.67. The number of ether oxygens (including phenoxy) is 1. The van der Waals surface area contributed by atoms with Gasteiger partial charge in [0.1, 0.15) is 5.31 Å². The third-order valence-corrected chi connectivity index (χ3v) is 1.75. The van der Waals surface area contributed by atoms with E-state index in [1.54, 1.807) is 0 Å². The summed E-state index contributed by atoms with van der Waals surface area (Å²) in [5, 5.41) is -0.806. The summed E-state index contributed by atoms with van der Waals surface area (Å²) in [6.45, 7) is 4.51. The Morgan fingerprint density at radius 1 is 1.64 bits per heavy atom. The van der Waals surface area contributed by atoms with E-state index in [0.29, 0.717) is 0 Å². The van der Waals surface area contributed by atoms with Crippen LogP contribution in [-0.4, -0.2) is 22.4 Å². The molecule has 0 spiro atoms. The van der Waals surface area contributed by atoms with Crippen molar-refractivity contribution in [3.63, 3.8) is 0 Å². The molecule has 0 heterocycles. The standard InChI is InChI=1S/C5H9O5P/c1-3-10-5(6)4(2)11(7,8)9/h2-3H2,1H3,(H2,7,8,9). The van der Waals surface area contributed by atoms with E-state index in [1.807, 2.05) is 0 Å². The SMILES string of the molecule is C=C(C(=O)OCC)P(=O)(O)O. The molecule has 0 aliphatic rings. The van der Waals surface area contributed by atoms with Crippen LogP contribution in [-0.2, 0) is 14.1 Å². The minimum absolute atomic E-state index is 0.0673. The van der Waals surface area contributed by atoms with Crippen LogP contribution in [0.5, 0.6) is 0 Å². The van der Waals surface area contributed by atoms with Gasteiger partial charge < -0.3 is 14.5 Å². The first-order valence-corrected chi connectivity index (χ1v) is 4.43. The lowest BCUT2D eigenvalue weighted by Crippen LogP contribution is -2.06. The second-order valence-corrected chi connectivity index (χ2v) is 3.34. The maximum Gasteiger partial charge on any atom is 0.362 e. The van der Waals surface area contributed by atoms with Crippen LogP contribution in [0.25, 0.3) is 0 Å². The van der Waals surface area contributed by atoms with Crippen molar-refractivity contribution in [2.24, 2.45) is 0 Å². The fraction of sp³-hybridized carbons (Fsp3) is 0.400. The Kier molecular flexibility index (Phi) is 3.45. The van der Waals surface area contributed by atoms with E-state index in [-0.39, 0.29) is 6.61 Å². The molecule has 6 heteroatoms. The van der Waals surface area contributed by atoms with Crippen molar-refractivity contribution in [3.05, 3.63) is 11.9 Å². The highest BCUT2D eigenvalue weighted by atomic mass is 31.2. The van der Waals surface area contributed by atoms with Gasteiger partial charge in [0, 0.05) is 0 Å². The van der Waals surface area contributed by atoms with Crippen molar-refractivity contribution in [1.29, 1.82) is 0 Å². The molecule has 64 valence electrons. The zero-order valence-corrected chi connectivity index (χ0v) is 6.88. The van der Waals surface area contributed by atoms with Crippen LogP contribution >= 0.6 is 7.60 Å². The van der Waals surface area contributed by atoms with Crippen LogP contribution in [0.3, 0.4) is 0 Å². The average molecular weight is 180 g/mol. The number of hydrogen-bond acceptors (Lipinski definition) is 3. The summed E-state index contributed by atoms with van der Waals surface area (Å²) in [5.74, 6) is -1.05. The van der Waals surface area contributed by atoms with Crippen molar-refractivity contribution in [2.45, 2.75) is 6.92 Å². The molecule has 5 nitrogen and oxygen atoms in total. The Labute approximate surface area is 63.8 Å². The topological polar surface area (TPSA) is 83.8 Å². The van der Waals surface area contributed by atoms with Crippen LogP contribution < -0.4 is 0 Å². The monoisotopic (exact) mass is 180 g/mol. The lowest BCUT2D eigenvalue weighted by molar-refractivity contribution is -0.137. The lowest BCUT2D eigenvalue weighted by atomic mass is 10.6. The lowest BCUT2D eigenvalue weighted by Gasteiger charge is -2.05. The average Bonchev–Trinajstić information content (AvgIpc) is 1.85. The highest BCUT2D eigenvalue weighted by Gasteiger charge is 2.26. The number of carbonyl (C=O) groups excluding carboxylic acids is 1. The predicted octanol–water partition coefficient (Wildman–Crippen LogP) is 0.241. The van der Waals surface area contributed by atoms with Gasteiger partial charge in [-0.1, -0.05) is 6.58 Å². The summed E-state index contributed by atoms with van der Waals surface area (Å²) in [4.78, 5) is 27.4. The highest BCUT2D eigenvalue weighted by Crippen LogP contribution is 2.43. The highest BCUT2D eigenvalue weighted by molar-refractivity contribution is 7.57. The predicted molar refractivity (Wildman–Crippen MR) is 37.8 cm³/mol. The van der Waals surface area contributed by atoms with E-state index in [0.717, 1.165) is 0 Å². The quantitative estimate of drug-likeness (QED) is 0.369. The Morgan fingerprint density at radius 2 is 2.09 bits per heavy atom. The fourth-order valence-electron chi connectivity index (χ4n) is 0.333. The Balaban J connectivity index is 4.28. The zero-order chi connectivity index (χ0) is 9.07. The van der Waals surface area contributed by atoms with Crippen LogP contribution in [0.1, 0.15) is 6.92 Å². The van der Waals surface area contributed by atoms with Crippen molar-refractivity contribution >= 4 is 13.6 Å². The molecule has 0 fully saturated rings. The van der Waals surface area contributed by atoms with Crippen LogP contribution in [0.15, 0.2) is 11.9 Å². The maximum absolute atomic E-state index is 10.6. The third kappa shape index (κ3) is 3.32. The van der Waals surface area contributed by atoms with Crippen molar-refractivity contribution in [3.8, 4) is 0 Å². The minimum Gasteiger partial charge on any atom is -0.462 e. The van der Waals surface area contributed by atoms with Gasteiger partial charge in [-0.05, 0) is 6.92 Å². The van der Waals surface area contributed by atoms with Crippen LogP contribution in [0, 0.1) is 0 Å². The van der Waals surface area contributed by atoms with E-state index >= 15 is 0 Å². The van der Waals surface area contributed by atoms with E-state index < -0.39 is 18.9 Å². The van der Waals surface area contributed by atoms with Gasteiger partial charge in [-0.15, -0.1) is 0 Å². The zero-order valence-electron chi connectivity index (χ0n) is 5.98. The molecule has 0 rings (SSSR count). The molecule has 0 saturated heterocycles.